The fourth-order valence-corrected chi connectivity index (χ4v) is 4.06. The predicted molar refractivity (Wildman–Crippen MR) is 84.7 cm³/mol. The van der Waals surface area contributed by atoms with Crippen LogP contribution in [0.1, 0.15) is 23.2 Å². The molecular formula is C15H21N3O4S. The number of ether oxygens (including phenoxy) is 1. The molecule has 1 aromatic heterocycles. The summed E-state index contributed by atoms with van der Waals surface area (Å²) in [6, 6.07) is 3.15. The fourth-order valence-electron chi connectivity index (χ4n) is 3.19. The lowest BCUT2D eigenvalue weighted by molar-refractivity contribution is 0.0924. The van der Waals surface area contributed by atoms with Gasteiger partial charge < -0.3 is 10.1 Å². The minimum absolute atomic E-state index is 0.172. The molecule has 7 nitrogen and oxygen atoms in total. The summed E-state index contributed by atoms with van der Waals surface area (Å²) in [5.74, 6) is 0.672. The van der Waals surface area contributed by atoms with E-state index in [1.54, 1.807) is 18.3 Å². The molecule has 1 amide bonds. The molecule has 2 unspecified atom stereocenters. The third kappa shape index (κ3) is 3.48. The Morgan fingerprint density at radius 2 is 2.13 bits per heavy atom. The Balaban J connectivity index is 1.76. The molecule has 2 fully saturated rings. The van der Waals surface area contributed by atoms with Crippen molar-refractivity contribution in [1.82, 2.24) is 14.6 Å². The van der Waals surface area contributed by atoms with Crippen molar-refractivity contribution in [3.8, 4) is 5.88 Å². The van der Waals surface area contributed by atoms with E-state index in [1.165, 1.54) is 17.7 Å². The highest BCUT2D eigenvalue weighted by Crippen LogP contribution is 2.42. The van der Waals surface area contributed by atoms with Gasteiger partial charge in [0.05, 0.1) is 13.4 Å². The second-order valence-electron chi connectivity index (χ2n) is 6.22. The van der Waals surface area contributed by atoms with Gasteiger partial charge in [0.1, 0.15) is 5.56 Å². The van der Waals surface area contributed by atoms with E-state index < -0.39 is 10.0 Å². The first-order valence-corrected chi connectivity index (χ1v) is 9.50. The number of methoxy groups -OCH3 is 1. The van der Waals surface area contributed by atoms with E-state index in [4.69, 9.17) is 4.74 Å². The Hall–Kier alpha value is -1.67. The van der Waals surface area contributed by atoms with Crippen molar-refractivity contribution in [1.29, 1.82) is 0 Å². The highest BCUT2D eigenvalue weighted by molar-refractivity contribution is 7.88. The molecular weight excluding hydrogens is 318 g/mol. The quantitative estimate of drug-likeness (QED) is 0.843. The maximum atomic E-state index is 12.5. The van der Waals surface area contributed by atoms with Gasteiger partial charge in [0.2, 0.25) is 15.9 Å². The lowest BCUT2D eigenvalue weighted by Crippen LogP contribution is -2.41. The smallest absolute Gasteiger partial charge is 0.257 e. The number of sulfonamides is 1. The highest BCUT2D eigenvalue weighted by atomic mass is 32.2. The second-order valence-corrected chi connectivity index (χ2v) is 8.20. The molecule has 23 heavy (non-hydrogen) atoms. The summed E-state index contributed by atoms with van der Waals surface area (Å²) < 4.78 is 30.2. The van der Waals surface area contributed by atoms with Gasteiger partial charge in [-0.1, -0.05) is 0 Å². The molecule has 1 aromatic rings. The summed E-state index contributed by atoms with van der Waals surface area (Å²) in [6.07, 6.45) is 4.98. The molecule has 0 aromatic carbocycles. The van der Waals surface area contributed by atoms with E-state index in [0.717, 1.165) is 12.8 Å². The molecule has 2 aliphatic rings. The van der Waals surface area contributed by atoms with Crippen molar-refractivity contribution in [3.63, 3.8) is 0 Å². The van der Waals surface area contributed by atoms with Crippen molar-refractivity contribution < 1.29 is 17.9 Å². The van der Waals surface area contributed by atoms with E-state index in [1.807, 2.05) is 0 Å². The number of nitrogens with one attached hydrogen (secondary N) is 1. The summed E-state index contributed by atoms with van der Waals surface area (Å²) in [7, 11) is -1.78. The number of carbonyl (C=O) groups excluding carboxylic acids is 1. The molecule has 8 heteroatoms. The number of hydrogen-bond donors (Lipinski definition) is 1. The monoisotopic (exact) mass is 339 g/mol. The number of nitrogens with zero attached hydrogens (tertiary/aromatic N) is 2. The summed E-state index contributed by atoms with van der Waals surface area (Å²) >= 11 is 0. The van der Waals surface area contributed by atoms with Gasteiger partial charge in [-0.05, 0) is 36.8 Å². The lowest BCUT2D eigenvalue weighted by Gasteiger charge is -2.19. The zero-order valence-corrected chi connectivity index (χ0v) is 14.0. The number of carbonyl (C=O) groups is 1. The van der Waals surface area contributed by atoms with Crippen LogP contribution in [0.3, 0.4) is 0 Å². The van der Waals surface area contributed by atoms with E-state index in [2.05, 4.69) is 10.3 Å². The van der Waals surface area contributed by atoms with Gasteiger partial charge in [0.25, 0.3) is 5.91 Å². The van der Waals surface area contributed by atoms with E-state index in [0.29, 0.717) is 24.6 Å². The van der Waals surface area contributed by atoms with Crippen LogP contribution in [0.15, 0.2) is 18.3 Å². The third-order valence-electron chi connectivity index (χ3n) is 4.55. The zero-order valence-electron chi connectivity index (χ0n) is 13.2. The van der Waals surface area contributed by atoms with Crippen molar-refractivity contribution in [2.24, 2.45) is 11.8 Å². The SMILES string of the molecule is COc1ncccc1C(=O)NC1CN(S(C)(=O)=O)CC1C1CC1. The van der Waals surface area contributed by atoms with Gasteiger partial charge in [0.15, 0.2) is 0 Å². The molecule has 126 valence electrons. The van der Waals surface area contributed by atoms with Crippen molar-refractivity contribution >= 4 is 15.9 Å². The summed E-state index contributed by atoms with van der Waals surface area (Å²) in [5, 5.41) is 2.98. The summed E-state index contributed by atoms with van der Waals surface area (Å²) in [6.45, 7) is 0.812. The Kier molecular flexibility index (Phi) is 4.29. The molecule has 2 atom stereocenters. The van der Waals surface area contributed by atoms with Gasteiger partial charge in [-0.25, -0.2) is 13.4 Å². The number of pyridine rings is 1. The largest absolute Gasteiger partial charge is 0.480 e. The molecule has 1 aliphatic heterocycles. The van der Waals surface area contributed by atoms with Crippen LogP contribution < -0.4 is 10.1 Å². The Morgan fingerprint density at radius 1 is 1.39 bits per heavy atom. The highest BCUT2D eigenvalue weighted by Gasteiger charge is 2.45. The number of aromatic nitrogens is 1. The van der Waals surface area contributed by atoms with Crippen LogP contribution in [-0.2, 0) is 10.0 Å². The van der Waals surface area contributed by atoms with Crippen molar-refractivity contribution in [3.05, 3.63) is 23.9 Å². The molecule has 1 N–H and O–H groups in total. The van der Waals surface area contributed by atoms with Crippen molar-refractivity contribution in [2.45, 2.75) is 18.9 Å². The molecule has 0 bridgehead atoms. The first-order valence-electron chi connectivity index (χ1n) is 7.65. The normalized spacial score (nSPS) is 25.3. The average molecular weight is 339 g/mol. The van der Waals surface area contributed by atoms with Crippen LogP contribution in [-0.4, -0.2) is 56.1 Å². The second kappa shape index (κ2) is 6.09. The van der Waals surface area contributed by atoms with Crippen LogP contribution in [0.5, 0.6) is 5.88 Å². The van der Waals surface area contributed by atoms with Gasteiger partial charge in [-0.2, -0.15) is 4.31 Å². The number of rotatable bonds is 5. The van der Waals surface area contributed by atoms with Gasteiger partial charge >= 0.3 is 0 Å². The van der Waals surface area contributed by atoms with Gasteiger partial charge in [0, 0.05) is 25.3 Å². The van der Waals surface area contributed by atoms with Gasteiger partial charge in [-0.3, -0.25) is 4.79 Å². The molecule has 0 radical (unpaired) electrons. The van der Waals surface area contributed by atoms with Crippen LogP contribution in [0.4, 0.5) is 0 Å². The topological polar surface area (TPSA) is 88.6 Å². The summed E-state index contributed by atoms with van der Waals surface area (Å²) in [5.41, 5.74) is 0.363. The predicted octanol–water partition coefficient (Wildman–Crippen LogP) is 0.490. The van der Waals surface area contributed by atoms with E-state index in [-0.39, 0.29) is 23.7 Å². The van der Waals surface area contributed by atoms with Crippen LogP contribution in [0.2, 0.25) is 0 Å². The van der Waals surface area contributed by atoms with Crippen molar-refractivity contribution in [2.75, 3.05) is 26.5 Å². The molecule has 3 rings (SSSR count). The van der Waals surface area contributed by atoms with Crippen LogP contribution in [0.25, 0.3) is 0 Å². The zero-order chi connectivity index (χ0) is 16.6. The van der Waals surface area contributed by atoms with E-state index in [9.17, 15) is 13.2 Å². The summed E-state index contributed by atoms with van der Waals surface area (Å²) in [4.78, 5) is 16.6. The fraction of sp³-hybridized carbons (Fsp3) is 0.600. The first kappa shape index (κ1) is 16.2. The Morgan fingerprint density at radius 3 is 2.74 bits per heavy atom. The number of amides is 1. The minimum atomic E-state index is -3.24. The maximum Gasteiger partial charge on any atom is 0.257 e. The number of hydrogen-bond acceptors (Lipinski definition) is 5. The molecule has 2 heterocycles. The lowest BCUT2D eigenvalue weighted by atomic mass is 9.98. The Bertz CT molecular complexity index is 702. The molecule has 1 saturated carbocycles. The molecule has 1 saturated heterocycles. The molecule has 1 aliphatic carbocycles. The average Bonchev–Trinajstić information content (AvgIpc) is 3.26. The van der Waals surface area contributed by atoms with E-state index >= 15 is 0 Å². The molecule has 0 spiro atoms. The van der Waals surface area contributed by atoms with Crippen LogP contribution in [0, 0.1) is 11.8 Å². The minimum Gasteiger partial charge on any atom is -0.480 e. The maximum absolute atomic E-state index is 12.5. The van der Waals surface area contributed by atoms with Gasteiger partial charge in [-0.15, -0.1) is 0 Å². The first-order chi connectivity index (χ1) is 10.9. The standard InChI is InChI=1S/C15H21N3O4S/c1-22-15-11(4-3-7-16-15)14(19)17-13-9-18(23(2,20)21)8-12(13)10-5-6-10/h3-4,7,10,12-13H,5-6,8-9H2,1-2H3,(H,17,19). The Labute approximate surface area is 136 Å². The third-order valence-corrected chi connectivity index (χ3v) is 5.79. The van der Waals surface area contributed by atoms with Crippen LogP contribution >= 0.6 is 0 Å².